The minimum Gasteiger partial charge on any atom is -0.370 e. The molecule has 0 radical (unpaired) electrons. The summed E-state index contributed by atoms with van der Waals surface area (Å²) in [5.41, 5.74) is 9.69. The molecule has 4 aliphatic rings. The van der Waals surface area contributed by atoms with Crippen LogP contribution in [0.1, 0.15) is 28.8 Å². The number of nitrogens with zero attached hydrogens (tertiary/aromatic N) is 4. The van der Waals surface area contributed by atoms with Crippen molar-refractivity contribution in [2.75, 3.05) is 13.1 Å². The predicted octanol–water partition coefficient (Wildman–Crippen LogP) is -0.704. The number of aliphatic hydroxyl groups is 2. The smallest absolute Gasteiger partial charge is 0.370 e. The number of likely N-dealkylation sites (tertiary alicyclic amines) is 1. The summed E-state index contributed by atoms with van der Waals surface area (Å²) in [7, 11) is 0. The molecule has 16 heteroatoms. The zero-order valence-electron chi connectivity index (χ0n) is 22.4. The molecule has 2 saturated heterocycles. The molecule has 2 unspecified atom stereocenters. The van der Waals surface area contributed by atoms with Crippen molar-refractivity contribution in [1.29, 1.82) is 0 Å². The maximum atomic E-state index is 13.5. The van der Waals surface area contributed by atoms with Crippen LogP contribution in [0.15, 0.2) is 58.5 Å². The minimum absolute atomic E-state index is 0.0451. The van der Waals surface area contributed by atoms with Gasteiger partial charge in [-0.15, -0.1) is 0 Å². The highest BCUT2D eigenvalue weighted by molar-refractivity contribution is 6.02. The number of nitrogens with one attached hydrogen (secondary N) is 2. The van der Waals surface area contributed by atoms with Crippen LogP contribution in [0.2, 0.25) is 0 Å². The Labute approximate surface area is 242 Å². The monoisotopic (exact) mass is 600 g/mol. The van der Waals surface area contributed by atoms with Gasteiger partial charge in [-0.1, -0.05) is 30.3 Å². The number of benzene rings is 2. The van der Waals surface area contributed by atoms with Crippen molar-refractivity contribution in [3.05, 3.63) is 59.7 Å². The number of alkyl halides is 3. The summed E-state index contributed by atoms with van der Waals surface area (Å²) >= 11 is 0. The van der Waals surface area contributed by atoms with Gasteiger partial charge in [-0.3, -0.25) is 19.3 Å². The highest BCUT2D eigenvalue weighted by Crippen LogP contribution is 2.45. The first kappa shape index (κ1) is 28.4. The fraction of sp³-hybridized carbons (Fsp3) is 0.370. The van der Waals surface area contributed by atoms with Crippen molar-refractivity contribution in [2.24, 2.45) is 21.5 Å². The van der Waals surface area contributed by atoms with Crippen molar-refractivity contribution in [3.63, 3.8) is 0 Å². The van der Waals surface area contributed by atoms with Crippen LogP contribution in [0.25, 0.3) is 11.1 Å². The molecule has 8 N–H and O–H groups in total. The molecule has 4 heterocycles. The SMILES string of the molecule is NC1=NC2[C@H](CN3C(=O)CCC3=O)N=C(N)N3C[C@H](NC(=O)c4ccc(-c5ccccc5C(F)(F)F)cc4)C(O)(O)C23N1. The lowest BCUT2D eigenvalue weighted by atomic mass is 9.84. The Morgan fingerprint density at radius 1 is 1.05 bits per heavy atom. The fourth-order valence-corrected chi connectivity index (χ4v) is 6.27. The normalized spacial score (nSPS) is 27.8. The number of carbonyl (C=O) groups excluding carboxylic acids is 3. The maximum absolute atomic E-state index is 13.5. The molecular weight excluding hydrogens is 573 g/mol. The summed E-state index contributed by atoms with van der Waals surface area (Å²) in [5.74, 6) is -4.63. The molecule has 2 aromatic rings. The third-order valence-corrected chi connectivity index (χ3v) is 8.32. The summed E-state index contributed by atoms with van der Waals surface area (Å²) < 4.78 is 40.5. The number of aliphatic imine (C=N–C) groups is 2. The molecule has 0 saturated carbocycles. The molecule has 6 rings (SSSR count). The second-order valence-electron chi connectivity index (χ2n) is 10.8. The van der Waals surface area contributed by atoms with Crippen LogP contribution in [-0.2, 0) is 15.8 Å². The van der Waals surface area contributed by atoms with Gasteiger partial charge in [0.15, 0.2) is 17.6 Å². The molecule has 1 spiro atoms. The average molecular weight is 601 g/mol. The zero-order chi connectivity index (χ0) is 30.9. The van der Waals surface area contributed by atoms with Crippen LogP contribution in [0.3, 0.4) is 0 Å². The Bertz CT molecular complexity index is 1560. The van der Waals surface area contributed by atoms with Gasteiger partial charge in [0, 0.05) is 24.9 Å². The van der Waals surface area contributed by atoms with Gasteiger partial charge >= 0.3 is 6.18 Å². The highest BCUT2D eigenvalue weighted by atomic mass is 19.4. The van der Waals surface area contributed by atoms with Crippen molar-refractivity contribution < 1.29 is 37.8 Å². The van der Waals surface area contributed by atoms with Crippen LogP contribution in [-0.4, -0.2) is 92.3 Å². The molecule has 0 aromatic heterocycles. The lowest BCUT2D eigenvalue weighted by Crippen LogP contribution is -2.78. The summed E-state index contributed by atoms with van der Waals surface area (Å²) in [6, 6.07) is 6.94. The Morgan fingerprint density at radius 2 is 1.70 bits per heavy atom. The van der Waals surface area contributed by atoms with Gasteiger partial charge in [-0.2, -0.15) is 13.2 Å². The first-order valence-corrected chi connectivity index (χ1v) is 13.3. The highest BCUT2D eigenvalue weighted by Gasteiger charge is 2.73. The summed E-state index contributed by atoms with van der Waals surface area (Å²) in [6.45, 7) is -0.459. The Morgan fingerprint density at radius 3 is 2.35 bits per heavy atom. The van der Waals surface area contributed by atoms with E-state index in [1.165, 1.54) is 47.4 Å². The molecule has 3 amide bonds. The van der Waals surface area contributed by atoms with Gasteiger partial charge < -0.3 is 37.2 Å². The Kier molecular flexibility index (Phi) is 6.39. The molecular formula is C27H27F3N8O5. The van der Waals surface area contributed by atoms with Crippen LogP contribution in [0, 0.1) is 0 Å². The summed E-state index contributed by atoms with van der Waals surface area (Å²) in [5, 5.41) is 28.5. The van der Waals surface area contributed by atoms with Gasteiger partial charge in [0.05, 0.1) is 18.2 Å². The van der Waals surface area contributed by atoms with E-state index in [9.17, 15) is 37.8 Å². The van der Waals surface area contributed by atoms with Crippen molar-refractivity contribution in [1.82, 2.24) is 20.4 Å². The van der Waals surface area contributed by atoms with E-state index in [2.05, 4.69) is 20.6 Å². The molecule has 13 nitrogen and oxygen atoms in total. The molecule has 0 aliphatic carbocycles. The first-order valence-electron chi connectivity index (χ1n) is 13.3. The number of amides is 3. The van der Waals surface area contributed by atoms with E-state index < -0.39 is 59.0 Å². The van der Waals surface area contributed by atoms with E-state index in [0.717, 1.165) is 11.0 Å². The van der Waals surface area contributed by atoms with E-state index in [1.807, 2.05) is 0 Å². The number of halogens is 3. The third kappa shape index (κ3) is 4.36. The van der Waals surface area contributed by atoms with Gasteiger partial charge in [-0.05, 0) is 29.3 Å². The number of guanidine groups is 2. The molecule has 4 aliphatic heterocycles. The number of hydrogen-bond donors (Lipinski definition) is 6. The molecule has 2 aromatic carbocycles. The molecule has 0 bridgehead atoms. The standard InChI is InChI=1S/C27H27F3N8O5/c28-27(29,30)16-4-2-1-3-15(16)13-5-7-14(8-6-13)22(41)34-18-12-38-24(32)33-17(11-37-19(39)9-10-20(37)40)21-25(38,26(18,42)43)36-23(31)35-21/h1-8,17-18,21,42-43H,9-12H2,(H2,32,33)(H,34,41)(H3,31,35,36)/t17-,18-,21?,25?/m0/s1. The molecule has 43 heavy (non-hydrogen) atoms. The van der Waals surface area contributed by atoms with Gasteiger partial charge in [0.2, 0.25) is 17.6 Å². The van der Waals surface area contributed by atoms with Crippen LogP contribution < -0.4 is 22.1 Å². The average Bonchev–Trinajstić information content (AvgIpc) is 3.55. The van der Waals surface area contributed by atoms with Crippen molar-refractivity contribution >= 4 is 29.6 Å². The van der Waals surface area contributed by atoms with Gasteiger partial charge in [0.25, 0.3) is 5.91 Å². The lowest BCUT2D eigenvalue weighted by Gasteiger charge is -2.49. The second kappa shape index (κ2) is 9.67. The quantitative estimate of drug-likeness (QED) is 0.190. The topological polar surface area (TPSA) is 199 Å². The molecule has 2 fully saturated rings. The second-order valence-corrected chi connectivity index (χ2v) is 10.8. The largest absolute Gasteiger partial charge is 0.417 e. The van der Waals surface area contributed by atoms with E-state index >= 15 is 0 Å². The Balaban J connectivity index is 1.25. The minimum atomic E-state index is -4.57. The first-order chi connectivity index (χ1) is 20.2. The van der Waals surface area contributed by atoms with E-state index in [4.69, 9.17) is 11.5 Å². The van der Waals surface area contributed by atoms with Gasteiger partial charge in [0.1, 0.15) is 12.1 Å². The Hall–Kier alpha value is -4.70. The maximum Gasteiger partial charge on any atom is 0.417 e. The number of hydrogen-bond acceptors (Lipinski definition) is 11. The predicted molar refractivity (Wildman–Crippen MR) is 145 cm³/mol. The van der Waals surface area contributed by atoms with Gasteiger partial charge in [-0.25, -0.2) is 9.98 Å². The summed E-state index contributed by atoms with van der Waals surface area (Å²) in [4.78, 5) is 48.8. The zero-order valence-corrected chi connectivity index (χ0v) is 22.4. The van der Waals surface area contributed by atoms with E-state index in [-0.39, 0.29) is 54.5 Å². The fourth-order valence-electron chi connectivity index (χ4n) is 6.27. The van der Waals surface area contributed by atoms with Crippen molar-refractivity contribution in [2.45, 2.75) is 48.6 Å². The molecule has 226 valence electrons. The number of nitrogens with two attached hydrogens (primary N) is 2. The number of carbonyl (C=O) groups is 3. The third-order valence-electron chi connectivity index (χ3n) is 8.32. The number of imide groups is 1. The van der Waals surface area contributed by atoms with Crippen molar-refractivity contribution in [3.8, 4) is 11.1 Å². The van der Waals surface area contributed by atoms with Crippen LogP contribution in [0.5, 0.6) is 0 Å². The summed E-state index contributed by atoms with van der Waals surface area (Å²) in [6.07, 6.45) is -4.48. The van der Waals surface area contributed by atoms with E-state index in [0.29, 0.717) is 0 Å². The van der Waals surface area contributed by atoms with Crippen LogP contribution in [0.4, 0.5) is 13.2 Å². The number of rotatable bonds is 5. The van der Waals surface area contributed by atoms with E-state index in [1.54, 1.807) is 0 Å². The van der Waals surface area contributed by atoms with Crippen LogP contribution >= 0.6 is 0 Å². The lowest BCUT2D eigenvalue weighted by molar-refractivity contribution is -0.230. The molecule has 4 atom stereocenters.